The topological polar surface area (TPSA) is 90.8 Å². The van der Waals surface area contributed by atoms with E-state index < -0.39 is 5.91 Å². The number of hydrogen-bond donors (Lipinski definition) is 3. The Morgan fingerprint density at radius 2 is 1.91 bits per heavy atom. The van der Waals surface area contributed by atoms with Gasteiger partial charge in [-0.25, -0.2) is 0 Å². The van der Waals surface area contributed by atoms with Crippen molar-refractivity contribution in [1.82, 2.24) is 0 Å². The van der Waals surface area contributed by atoms with Gasteiger partial charge < -0.3 is 16.6 Å². The smallest absolute Gasteiger partial charge is 0.250 e. The van der Waals surface area contributed by atoms with E-state index in [1.165, 1.54) is 6.92 Å². The van der Waals surface area contributed by atoms with Crippen molar-refractivity contribution in [3.8, 4) is 0 Å². The second-order valence-electron chi connectivity index (χ2n) is 2.19. The van der Waals surface area contributed by atoms with E-state index >= 15 is 0 Å². The Bertz CT molecular complexity index is 224. The second kappa shape index (κ2) is 3.65. The lowest BCUT2D eigenvalue weighted by atomic mass is 10.1. The Balaban J connectivity index is 5.04. The van der Waals surface area contributed by atoms with Gasteiger partial charge >= 0.3 is 0 Å². The van der Waals surface area contributed by atoms with Gasteiger partial charge in [-0.05, 0) is 19.4 Å². The summed E-state index contributed by atoms with van der Waals surface area (Å²) < 4.78 is 0. The molecule has 0 aliphatic heterocycles. The molecule has 4 heteroatoms. The zero-order valence-electron chi connectivity index (χ0n) is 6.56. The van der Waals surface area contributed by atoms with Crippen LogP contribution in [0.2, 0.25) is 0 Å². The molecule has 0 aliphatic rings. The number of primary amides is 1. The third kappa shape index (κ3) is 2.33. The Hall–Kier alpha value is -1.45. The highest BCUT2D eigenvalue weighted by Crippen LogP contribution is 2.01. The van der Waals surface area contributed by atoms with Crippen molar-refractivity contribution in [3.05, 3.63) is 11.1 Å². The monoisotopic (exact) mass is 153 g/mol. The summed E-state index contributed by atoms with van der Waals surface area (Å²) in [4.78, 5) is 10.7. The van der Waals surface area contributed by atoms with E-state index in [1.807, 2.05) is 0 Å². The first-order valence-electron chi connectivity index (χ1n) is 3.07. The zero-order valence-corrected chi connectivity index (χ0v) is 6.56. The Morgan fingerprint density at radius 3 is 2.00 bits per heavy atom. The van der Waals surface area contributed by atoms with Crippen LogP contribution in [-0.4, -0.2) is 17.8 Å². The normalized spacial score (nSPS) is 11.8. The van der Waals surface area contributed by atoms with Gasteiger partial charge in [-0.1, -0.05) is 0 Å². The highest BCUT2D eigenvalue weighted by atomic mass is 16.1. The van der Waals surface area contributed by atoms with Gasteiger partial charge in [-0.3, -0.25) is 4.79 Å². The van der Waals surface area contributed by atoms with Crippen molar-refractivity contribution in [2.75, 3.05) is 0 Å². The Kier molecular flexibility index (Phi) is 3.17. The van der Waals surface area contributed by atoms with E-state index in [9.17, 15) is 4.79 Å². The summed E-state index contributed by atoms with van der Waals surface area (Å²) in [7, 11) is 0. The number of nitrogens with two attached hydrogens (primary N) is 1. The quantitative estimate of drug-likeness (QED) is 0.399. The summed E-state index contributed by atoms with van der Waals surface area (Å²) in [5.74, 6) is -0.654. The Labute approximate surface area is 65.1 Å². The number of carbonyl (C=O) groups is 1. The molecule has 1 amide bonds. The SMILES string of the molecule is CC(=N)C(C(N)=O)=C(C)C=N. The molecule has 0 saturated carbocycles. The minimum absolute atomic E-state index is 0.0958. The average molecular weight is 153 g/mol. The number of hydrogen-bond acceptors (Lipinski definition) is 3. The molecule has 0 spiro atoms. The van der Waals surface area contributed by atoms with Crippen LogP contribution in [0.1, 0.15) is 13.8 Å². The molecule has 60 valence electrons. The fourth-order valence-electron chi connectivity index (χ4n) is 0.747. The van der Waals surface area contributed by atoms with E-state index in [0.29, 0.717) is 5.57 Å². The Morgan fingerprint density at radius 1 is 1.45 bits per heavy atom. The molecule has 0 aromatic carbocycles. The van der Waals surface area contributed by atoms with Crippen LogP contribution in [0, 0.1) is 10.8 Å². The van der Waals surface area contributed by atoms with Crippen LogP contribution in [0.4, 0.5) is 0 Å². The lowest BCUT2D eigenvalue weighted by Gasteiger charge is -2.01. The van der Waals surface area contributed by atoms with Crippen LogP contribution in [0.25, 0.3) is 0 Å². The number of allylic oxidation sites excluding steroid dienone is 1. The molecule has 0 unspecified atom stereocenters. The summed E-state index contributed by atoms with van der Waals surface area (Å²) in [6.07, 6.45) is 1.01. The van der Waals surface area contributed by atoms with Crippen LogP contribution >= 0.6 is 0 Å². The molecule has 0 aromatic rings. The largest absolute Gasteiger partial charge is 0.366 e. The molecule has 0 heterocycles. The minimum Gasteiger partial charge on any atom is -0.366 e. The first-order chi connectivity index (χ1) is 5.00. The van der Waals surface area contributed by atoms with Crippen LogP contribution in [0.3, 0.4) is 0 Å². The van der Waals surface area contributed by atoms with E-state index in [2.05, 4.69) is 0 Å². The van der Waals surface area contributed by atoms with Crippen molar-refractivity contribution < 1.29 is 4.79 Å². The van der Waals surface area contributed by atoms with Gasteiger partial charge in [0.05, 0.1) is 5.57 Å². The molecule has 0 aromatic heterocycles. The predicted molar refractivity (Wildman–Crippen MR) is 44.1 cm³/mol. The van der Waals surface area contributed by atoms with Crippen molar-refractivity contribution in [3.63, 3.8) is 0 Å². The maximum absolute atomic E-state index is 10.7. The molecular formula is C7H11N3O. The minimum atomic E-state index is -0.654. The zero-order chi connectivity index (χ0) is 9.02. The maximum atomic E-state index is 10.7. The summed E-state index contributed by atoms with van der Waals surface area (Å²) >= 11 is 0. The van der Waals surface area contributed by atoms with E-state index in [0.717, 1.165) is 6.21 Å². The van der Waals surface area contributed by atoms with E-state index in [1.54, 1.807) is 6.92 Å². The first-order valence-corrected chi connectivity index (χ1v) is 3.07. The summed E-state index contributed by atoms with van der Waals surface area (Å²) in [5, 5.41) is 14.0. The number of amides is 1. The third-order valence-electron chi connectivity index (χ3n) is 1.23. The van der Waals surface area contributed by atoms with E-state index in [-0.39, 0.29) is 11.3 Å². The fraction of sp³-hybridized carbons (Fsp3) is 0.286. The van der Waals surface area contributed by atoms with Gasteiger partial charge in [0.25, 0.3) is 5.91 Å². The summed E-state index contributed by atoms with van der Waals surface area (Å²) in [6.45, 7) is 3.04. The highest BCUT2D eigenvalue weighted by Gasteiger charge is 2.09. The molecule has 0 atom stereocenters. The highest BCUT2D eigenvalue weighted by molar-refractivity contribution is 6.21. The van der Waals surface area contributed by atoms with Gasteiger partial charge in [-0.15, -0.1) is 0 Å². The van der Waals surface area contributed by atoms with Gasteiger partial charge in [0, 0.05) is 11.9 Å². The van der Waals surface area contributed by atoms with Crippen molar-refractivity contribution >= 4 is 17.8 Å². The number of carbonyl (C=O) groups excluding carboxylic acids is 1. The summed E-state index contributed by atoms with van der Waals surface area (Å²) in [5.41, 5.74) is 5.62. The van der Waals surface area contributed by atoms with Crippen molar-refractivity contribution in [2.45, 2.75) is 13.8 Å². The van der Waals surface area contributed by atoms with Crippen LogP contribution in [0.5, 0.6) is 0 Å². The fourth-order valence-corrected chi connectivity index (χ4v) is 0.747. The average Bonchev–Trinajstić information content (AvgIpc) is 1.85. The molecule has 0 aliphatic carbocycles. The molecule has 4 N–H and O–H groups in total. The lowest BCUT2D eigenvalue weighted by molar-refractivity contribution is -0.114. The van der Waals surface area contributed by atoms with Gasteiger partial charge in [0.2, 0.25) is 0 Å². The van der Waals surface area contributed by atoms with Gasteiger partial charge in [-0.2, -0.15) is 0 Å². The van der Waals surface area contributed by atoms with Crippen molar-refractivity contribution in [2.24, 2.45) is 5.73 Å². The summed E-state index contributed by atoms with van der Waals surface area (Å²) in [6, 6.07) is 0. The van der Waals surface area contributed by atoms with Crippen LogP contribution < -0.4 is 5.73 Å². The third-order valence-corrected chi connectivity index (χ3v) is 1.23. The maximum Gasteiger partial charge on any atom is 0.250 e. The number of nitrogens with one attached hydrogen (secondary N) is 2. The standard InChI is InChI=1S/C7H11N3O/c1-4(3-8)6(5(2)9)7(10)11/h3,8-9H,1-2H3,(H2,10,11). The molecule has 0 fully saturated rings. The first kappa shape index (κ1) is 9.55. The van der Waals surface area contributed by atoms with E-state index in [4.69, 9.17) is 16.6 Å². The van der Waals surface area contributed by atoms with Crippen LogP contribution in [-0.2, 0) is 4.79 Å². The molecule has 0 saturated heterocycles. The molecule has 0 rings (SSSR count). The lowest BCUT2D eigenvalue weighted by Crippen LogP contribution is -2.20. The van der Waals surface area contributed by atoms with Crippen LogP contribution in [0.15, 0.2) is 11.1 Å². The molecule has 11 heavy (non-hydrogen) atoms. The van der Waals surface area contributed by atoms with Gasteiger partial charge in [0.15, 0.2) is 0 Å². The predicted octanol–water partition coefficient (Wildman–Crippen LogP) is 0.477. The second-order valence-corrected chi connectivity index (χ2v) is 2.19. The molecule has 4 nitrogen and oxygen atoms in total. The molecular weight excluding hydrogens is 142 g/mol. The van der Waals surface area contributed by atoms with Crippen molar-refractivity contribution in [1.29, 1.82) is 10.8 Å². The molecule has 0 radical (unpaired) electrons. The number of rotatable bonds is 3. The molecule has 0 bridgehead atoms. The van der Waals surface area contributed by atoms with Gasteiger partial charge in [0.1, 0.15) is 0 Å².